The molecule has 0 saturated carbocycles. The van der Waals surface area contributed by atoms with Gasteiger partial charge in [0, 0.05) is 62.3 Å². The maximum Gasteiger partial charge on any atom is 0.407 e. The summed E-state index contributed by atoms with van der Waals surface area (Å²) < 4.78 is 41.3. The first-order chi connectivity index (χ1) is 24.0. The average Bonchev–Trinajstić information content (AvgIpc) is 3.69. The lowest BCUT2D eigenvalue weighted by molar-refractivity contribution is 0.0398. The second kappa shape index (κ2) is 12.3. The fourth-order valence-corrected chi connectivity index (χ4v) is 7.02. The summed E-state index contributed by atoms with van der Waals surface area (Å²) in [6, 6.07) is 12.1. The molecule has 0 bridgehead atoms. The summed E-state index contributed by atoms with van der Waals surface area (Å²) >= 11 is 0. The maximum atomic E-state index is 16.1. The number of halogens is 1. The highest BCUT2D eigenvalue weighted by molar-refractivity contribution is 6.07. The first-order valence-electron chi connectivity index (χ1n) is 16.9. The molecule has 8 rings (SSSR count). The summed E-state index contributed by atoms with van der Waals surface area (Å²) in [5, 5.41) is 7.77. The number of morpholine rings is 1. The number of para-hydroxylation sites is 1. The highest BCUT2D eigenvalue weighted by Crippen LogP contribution is 2.47. The van der Waals surface area contributed by atoms with E-state index < -0.39 is 28.8 Å². The molecule has 1 unspecified atom stereocenters. The first-order valence-corrected chi connectivity index (χ1v) is 16.9. The van der Waals surface area contributed by atoms with Crippen LogP contribution < -0.4 is 20.8 Å². The SMILES string of the molecule is CC(C)(C)OC(=O)NC1CCN(C(=O)c2cn3c4c(c(NCCN5CCOCC5)c(F)cc4c2=O)Oc2cc4c(cc2-3)oc2ccccc24)C1. The lowest BCUT2D eigenvalue weighted by atomic mass is 10.0. The van der Waals surface area contributed by atoms with E-state index in [-0.39, 0.29) is 35.0 Å². The molecule has 5 aromatic rings. The number of hydrogen-bond donors (Lipinski definition) is 2. The summed E-state index contributed by atoms with van der Waals surface area (Å²) in [6.45, 7) is 9.83. The third kappa shape index (κ3) is 5.79. The Hall–Kier alpha value is -5.14. The molecule has 50 heavy (non-hydrogen) atoms. The molecule has 2 saturated heterocycles. The average molecular weight is 684 g/mol. The molecule has 12 nitrogen and oxygen atoms in total. The van der Waals surface area contributed by atoms with Crippen molar-refractivity contribution in [2.75, 3.05) is 57.8 Å². The van der Waals surface area contributed by atoms with E-state index >= 15 is 4.39 Å². The van der Waals surface area contributed by atoms with Crippen LogP contribution in [0.3, 0.4) is 0 Å². The van der Waals surface area contributed by atoms with Gasteiger partial charge in [0.05, 0.1) is 30.3 Å². The van der Waals surface area contributed by atoms with Gasteiger partial charge in [-0.1, -0.05) is 18.2 Å². The van der Waals surface area contributed by atoms with Crippen LogP contribution in [0.5, 0.6) is 11.5 Å². The Labute approximate surface area is 286 Å². The van der Waals surface area contributed by atoms with Crippen LogP contribution in [0.15, 0.2) is 57.9 Å². The largest absolute Gasteiger partial charge is 0.456 e. The number of nitrogens with zero attached hydrogens (tertiary/aromatic N) is 3. The summed E-state index contributed by atoms with van der Waals surface area (Å²) in [4.78, 5) is 44.3. The summed E-state index contributed by atoms with van der Waals surface area (Å²) in [6.07, 6.45) is 1.43. The lowest BCUT2D eigenvalue weighted by Gasteiger charge is -2.28. The van der Waals surface area contributed by atoms with E-state index in [2.05, 4.69) is 15.5 Å². The van der Waals surface area contributed by atoms with Gasteiger partial charge in [0.1, 0.15) is 33.5 Å². The number of likely N-dealkylation sites (tertiary alicyclic amines) is 1. The standard InChI is InChI=1S/C37H38FN5O7/c1-37(2,3)50-36(46)40-21-8-10-42(19-21)35(45)25-20-43-27-18-29-23(22-6-4-5-7-28(22)48-29)17-30(27)49-34-31(26(38)16-24(32(34)43)33(25)44)39-9-11-41-12-14-47-15-13-41/h4-7,16-18,20-21,39H,8-15,19H2,1-3H3,(H,40,46). The molecule has 13 heteroatoms. The Bertz CT molecular complexity index is 2230. The zero-order valence-electron chi connectivity index (χ0n) is 28.1. The Morgan fingerprint density at radius 2 is 1.82 bits per heavy atom. The number of carbonyl (C=O) groups excluding carboxylic acids is 2. The van der Waals surface area contributed by atoms with E-state index in [1.54, 1.807) is 25.3 Å². The normalized spacial score (nSPS) is 17.6. The third-order valence-electron chi connectivity index (χ3n) is 9.39. The molecule has 2 N–H and O–H groups in total. The Balaban J connectivity index is 1.20. The van der Waals surface area contributed by atoms with Crippen LogP contribution in [0, 0.1) is 5.82 Å². The number of benzene rings is 3. The number of fused-ring (bicyclic) bond motifs is 5. The topological polar surface area (TPSA) is 128 Å². The maximum absolute atomic E-state index is 16.1. The van der Waals surface area contributed by atoms with Gasteiger partial charge in [-0.05, 0) is 45.4 Å². The number of amides is 2. The smallest absolute Gasteiger partial charge is 0.407 e. The van der Waals surface area contributed by atoms with Crippen LogP contribution in [0.4, 0.5) is 14.9 Å². The highest BCUT2D eigenvalue weighted by Gasteiger charge is 2.34. The predicted octanol–water partition coefficient (Wildman–Crippen LogP) is 5.62. The van der Waals surface area contributed by atoms with Crippen molar-refractivity contribution in [2.45, 2.75) is 38.8 Å². The minimum Gasteiger partial charge on any atom is -0.456 e. The number of aromatic nitrogens is 1. The van der Waals surface area contributed by atoms with Crippen molar-refractivity contribution in [3.8, 4) is 17.2 Å². The molecule has 3 aliphatic rings. The third-order valence-corrected chi connectivity index (χ3v) is 9.39. The number of furan rings is 1. The van der Waals surface area contributed by atoms with Crippen molar-refractivity contribution in [3.63, 3.8) is 0 Å². The number of hydrogen-bond acceptors (Lipinski definition) is 9. The lowest BCUT2D eigenvalue weighted by Crippen LogP contribution is -2.41. The van der Waals surface area contributed by atoms with Crippen molar-refractivity contribution in [2.24, 2.45) is 0 Å². The molecule has 0 spiro atoms. The van der Waals surface area contributed by atoms with Gasteiger partial charge in [0.2, 0.25) is 5.43 Å². The van der Waals surface area contributed by atoms with E-state index in [0.717, 1.165) is 23.9 Å². The van der Waals surface area contributed by atoms with Crippen LogP contribution in [0.2, 0.25) is 0 Å². The van der Waals surface area contributed by atoms with Crippen LogP contribution in [0.25, 0.3) is 38.5 Å². The molecule has 5 heterocycles. The highest BCUT2D eigenvalue weighted by atomic mass is 19.1. The molecule has 1 atom stereocenters. The van der Waals surface area contributed by atoms with E-state index in [4.69, 9.17) is 18.6 Å². The number of ether oxygens (including phenoxy) is 3. The van der Waals surface area contributed by atoms with Crippen LogP contribution in [-0.4, -0.2) is 90.5 Å². The fourth-order valence-electron chi connectivity index (χ4n) is 7.02. The van der Waals surface area contributed by atoms with Crippen molar-refractivity contribution in [1.82, 2.24) is 19.7 Å². The molecule has 2 amide bonds. The molecule has 3 aliphatic heterocycles. The zero-order valence-corrected chi connectivity index (χ0v) is 28.1. The first kappa shape index (κ1) is 32.1. The van der Waals surface area contributed by atoms with Crippen molar-refractivity contribution < 1.29 is 32.6 Å². The number of pyridine rings is 1. The molecular formula is C37H38FN5O7. The second-order valence-electron chi connectivity index (χ2n) is 14.0. The van der Waals surface area contributed by atoms with Gasteiger partial charge in [-0.3, -0.25) is 14.5 Å². The predicted molar refractivity (Wildman–Crippen MR) is 186 cm³/mol. The molecule has 2 aromatic heterocycles. The van der Waals surface area contributed by atoms with Crippen molar-refractivity contribution in [3.05, 3.63) is 70.3 Å². The molecule has 260 valence electrons. The Morgan fingerprint density at radius 1 is 1.02 bits per heavy atom. The van der Waals surface area contributed by atoms with Crippen molar-refractivity contribution in [1.29, 1.82) is 0 Å². The summed E-state index contributed by atoms with van der Waals surface area (Å²) in [5.74, 6) is -0.587. The van der Waals surface area contributed by atoms with Crippen LogP contribution in [-0.2, 0) is 9.47 Å². The molecule has 0 aliphatic carbocycles. The van der Waals surface area contributed by atoms with Gasteiger partial charge in [0.25, 0.3) is 5.91 Å². The number of alkyl carbamates (subject to hydrolysis) is 1. The van der Waals surface area contributed by atoms with E-state index in [1.807, 2.05) is 36.4 Å². The zero-order chi connectivity index (χ0) is 34.7. The minimum absolute atomic E-state index is 0.0139. The number of carbonyl (C=O) groups is 2. The fraction of sp³-hybridized carbons (Fsp3) is 0.378. The van der Waals surface area contributed by atoms with E-state index in [1.165, 1.54) is 17.2 Å². The van der Waals surface area contributed by atoms with Gasteiger partial charge in [0.15, 0.2) is 17.3 Å². The number of anilines is 1. The van der Waals surface area contributed by atoms with Gasteiger partial charge in [-0.2, -0.15) is 0 Å². The van der Waals surface area contributed by atoms with Gasteiger partial charge >= 0.3 is 6.09 Å². The van der Waals surface area contributed by atoms with Crippen molar-refractivity contribution >= 4 is 50.5 Å². The minimum atomic E-state index is -0.667. The molecule has 2 fully saturated rings. The van der Waals surface area contributed by atoms with Gasteiger partial charge in [-0.15, -0.1) is 0 Å². The summed E-state index contributed by atoms with van der Waals surface area (Å²) in [5.41, 5.74) is 0.918. The molecule has 3 aromatic carbocycles. The monoisotopic (exact) mass is 683 g/mol. The van der Waals surface area contributed by atoms with E-state index in [9.17, 15) is 14.4 Å². The molecule has 0 radical (unpaired) electrons. The number of rotatable bonds is 6. The summed E-state index contributed by atoms with van der Waals surface area (Å²) in [7, 11) is 0. The van der Waals surface area contributed by atoms with E-state index in [0.29, 0.717) is 67.4 Å². The van der Waals surface area contributed by atoms with Gasteiger partial charge < -0.3 is 38.7 Å². The van der Waals surface area contributed by atoms with Gasteiger partial charge in [-0.25, -0.2) is 9.18 Å². The van der Waals surface area contributed by atoms with Crippen LogP contribution >= 0.6 is 0 Å². The quantitative estimate of drug-likeness (QED) is 0.230. The number of nitrogens with one attached hydrogen (secondary N) is 2. The van der Waals surface area contributed by atoms with Crippen LogP contribution in [0.1, 0.15) is 37.6 Å². The second-order valence-corrected chi connectivity index (χ2v) is 14.0. The Kier molecular flexibility index (Phi) is 7.91. The molecular weight excluding hydrogens is 645 g/mol. The Morgan fingerprint density at radius 3 is 2.62 bits per heavy atom.